The number of hydrogen-bond donors (Lipinski definition) is 0. The number of nitrogens with zero attached hydrogens (tertiary/aromatic N) is 2. The minimum atomic E-state index is 0.694. The second-order valence-corrected chi connectivity index (χ2v) is 5.56. The number of aromatic nitrogens is 2. The lowest BCUT2D eigenvalue weighted by Gasteiger charge is -2.03. The van der Waals surface area contributed by atoms with Crippen LogP contribution in [0.4, 0.5) is 0 Å². The molecular formula is C14H17IN2O. The molecule has 18 heavy (non-hydrogen) atoms. The molecule has 0 fully saturated rings. The summed E-state index contributed by atoms with van der Waals surface area (Å²) in [6.07, 6.45) is 5.88. The highest BCUT2D eigenvalue weighted by Gasteiger charge is 1.97. The first-order valence-electron chi connectivity index (χ1n) is 6.03. The summed E-state index contributed by atoms with van der Waals surface area (Å²) >= 11 is 2.31. The molecule has 3 nitrogen and oxygen atoms in total. The van der Waals surface area contributed by atoms with Gasteiger partial charge in [0.2, 0.25) is 0 Å². The Labute approximate surface area is 121 Å². The molecule has 1 heterocycles. The molecule has 2 aromatic rings. The third kappa shape index (κ3) is 4.42. The Hall–Kier alpha value is -0.880. The van der Waals surface area contributed by atoms with Crippen molar-refractivity contribution in [1.29, 1.82) is 0 Å². The van der Waals surface area contributed by atoms with Gasteiger partial charge in [-0.3, -0.25) is 0 Å². The van der Waals surface area contributed by atoms with Gasteiger partial charge >= 0.3 is 0 Å². The van der Waals surface area contributed by atoms with Crippen molar-refractivity contribution in [3.05, 3.63) is 51.6 Å². The van der Waals surface area contributed by atoms with E-state index >= 15 is 0 Å². The Kier molecular flexibility index (Phi) is 5.19. The second kappa shape index (κ2) is 6.89. The Bertz CT molecular complexity index is 479. The van der Waals surface area contributed by atoms with Crippen LogP contribution >= 0.6 is 22.6 Å². The standard InChI is InChI=1S/C14H17IN2O/c1-17-9-14(16-11-17)3-2-8-18-10-12-4-6-13(15)7-5-12/h4-7,9,11H,2-3,8,10H2,1H3. The van der Waals surface area contributed by atoms with E-state index in [0.717, 1.165) is 25.1 Å². The van der Waals surface area contributed by atoms with Crippen molar-refractivity contribution >= 4 is 22.6 Å². The molecule has 0 amide bonds. The van der Waals surface area contributed by atoms with E-state index in [-0.39, 0.29) is 0 Å². The average Bonchev–Trinajstić information content (AvgIpc) is 2.77. The van der Waals surface area contributed by atoms with Gasteiger partial charge in [-0.25, -0.2) is 4.98 Å². The molecular weight excluding hydrogens is 339 g/mol. The summed E-state index contributed by atoms with van der Waals surface area (Å²) in [4.78, 5) is 4.29. The molecule has 0 saturated carbocycles. The van der Waals surface area contributed by atoms with Crippen molar-refractivity contribution in [3.8, 4) is 0 Å². The molecule has 0 unspecified atom stereocenters. The molecule has 0 aliphatic heterocycles. The van der Waals surface area contributed by atoms with Crippen molar-refractivity contribution in [1.82, 2.24) is 9.55 Å². The summed E-state index contributed by atoms with van der Waals surface area (Å²) < 4.78 is 8.88. The third-order valence-corrected chi connectivity index (χ3v) is 3.38. The number of aryl methyl sites for hydroxylation is 2. The maximum absolute atomic E-state index is 5.65. The molecule has 0 aliphatic carbocycles. The van der Waals surface area contributed by atoms with Crippen LogP contribution in [-0.2, 0) is 24.8 Å². The maximum atomic E-state index is 5.65. The van der Waals surface area contributed by atoms with Crippen molar-refractivity contribution < 1.29 is 4.74 Å². The number of ether oxygens (including phenoxy) is 1. The molecule has 1 aromatic carbocycles. The Morgan fingerprint density at radius 3 is 2.72 bits per heavy atom. The average molecular weight is 356 g/mol. The zero-order valence-electron chi connectivity index (χ0n) is 10.5. The van der Waals surface area contributed by atoms with E-state index < -0.39 is 0 Å². The van der Waals surface area contributed by atoms with Gasteiger partial charge in [-0.05, 0) is 53.1 Å². The quantitative estimate of drug-likeness (QED) is 0.587. The number of hydrogen-bond acceptors (Lipinski definition) is 2. The van der Waals surface area contributed by atoms with Crippen LogP contribution in [0.1, 0.15) is 17.7 Å². The normalized spacial score (nSPS) is 10.8. The summed E-state index contributed by atoms with van der Waals surface area (Å²) in [5.41, 5.74) is 2.36. The van der Waals surface area contributed by atoms with Gasteiger partial charge in [0, 0.05) is 23.4 Å². The highest BCUT2D eigenvalue weighted by molar-refractivity contribution is 14.1. The molecule has 0 N–H and O–H groups in total. The molecule has 1 aromatic heterocycles. The first-order chi connectivity index (χ1) is 8.74. The molecule has 0 atom stereocenters. The van der Waals surface area contributed by atoms with Gasteiger partial charge in [-0.2, -0.15) is 0 Å². The van der Waals surface area contributed by atoms with Gasteiger partial charge in [0.15, 0.2) is 0 Å². The van der Waals surface area contributed by atoms with Crippen LogP contribution < -0.4 is 0 Å². The molecule has 96 valence electrons. The highest BCUT2D eigenvalue weighted by Crippen LogP contribution is 2.08. The van der Waals surface area contributed by atoms with Crippen LogP contribution in [-0.4, -0.2) is 16.2 Å². The molecule has 4 heteroatoms. The zero-order chi connectivity index (χ0) is 12.8. The molecule has 0 spiro atoms. The van der Waals surface area contributed by atoms with E-state index in [2.05, 4.69) is 58.0 Å². The molecule has 0 radical (unpaired) electrons. The van der Waals surface area contributed by atoms with Crippen LogP contribution in [0.5, 0.6) is 0 Å². The summed E-state index contributed by atoms with van der Waals surface area (Å²) in [5, 5.41) is 0. The lowest BCUT2D eigenvalue weighted by molar-refractivity contribution is 0.118. The van der Waals surface area contributed by atoms with Gasteiger partial charge in [-0.1, -0.05) is 12.1 Å². The van der Waals surface area contributed by atoms with Gasteiger partial charge < -0.3 is 9.30 Å². The minimum Gasteiger partial charge on any atom is -0.377 e. The van der Waals surface area contributed by atoms with Gasteiger partial charge in [0.25, 0.3) is 0 Å². The fourth-order valence-electron chi connectivity index (χ4n) is 1.72. The lowest BCUT2D eigenvalue weighted by Crippen LogP contribution is -1.97. The Balaban J connectivity index is 1.63. The summed E-state index contributed by atoms with van der Waals surface area (Å²) in [6, 6.07) is 8.43. The predicted octanol–water partition coefficient (Wildman–Crippen LogP) is 3.17. The van der Waals surface area contributed by atoms with Crippen LogP contribution in [0, 0.1) is 3.57 Å². The maximum Gasteiger partial charge on any atom is 0.0946 e. The second-order valence-electron chi connectivity index (χ2n) is 4.31. The molecule has 0 aliphatic rings. The van der Waals surface area contributed by atoms with Crippen LogP contribution in [0.3, 0.4) is 0 Å². The van der Waals surface area contributed by atoms with Crippen molar-refractivity contribution in [3.63, 3.8) is 0 Å². The lowest BCUT2D eigenvalue weighted by atomic mass is 10.2. The summed E-state index contributed by atoms with van der Waals surface area (Å²) in [5.74, 6) is 0. The minimum absolute atomic E-state index is 0.694. The van der Waals surface area contributed by atoms with E-state index in [9.17, 15) is 0 Å². The van der Waals surface area contributed by atoms with Crippen molar-refractivity contribution in [2.75, 3.05) is 6.61 Å². The first-order valence-corrected chi connectivity index (χ1v) is 7.11. The van der Waals surface area contributed by atoms with Gasteiger partial charge in [-0.15, -0.1) is 0 Å². The van der Waals surface area contributed by atoms with E-state index in [1.165, 1.54) is 9.13 Å². The van der Waals surface area contributed by atoms with E-state index in [1.54, 1.807) is 0 Å². The first kappa shape index (κ1) is 13.5. The third-order valence-electron chi connectivity index (χ3n) is 2.66. The van der Waals surface area contributed by atoms with E-state index in [4.69, 9.17) is 4.74 Å². The number of rotatable bonds is 6. The van der Waals surface area contributed by atoms with E-state index in [1.807, 2.05) is 17.9 Å². The fraction of sp³-hybridized carbons (Fsp3) is 0.357. The Morgan fingerprint density at radius 1 is 1.28 bits per heavy atom. The summed E-state index contributed by atoms with van der Waals surface area (Å²) in [6.45, 7) is 1.47. The highest BCUT2D eigenvalue weighted by atomic mass is 127. The topological polar surface area (TPSA) is 27.1 Å². The molecule has 0 saturated heterocycles. The number of halogens is 1. The van der Waals surface area contributed by atoms with Crippen LogP contribution in [0.2, 0.25) is 0 Å². The largest absolute Gasteiger partial charge is 0.377 e. The van der Waals surface area contributed by atoms with Crippen molar-refractivity contribution in [2.24, 2.45) is 7.05 Å². The van der Waals surface area contributed by atoms with Crippen LogP contribution in [0.15, 0.2) is 36.8 Å². The monoisotopic (exact) mass is 356 g/mol. The number of benzene rings is 1. The summed E-state index contributed by atoms with van der Waals surface area (Å²) in [7, 11) is 1.99. The SMILES string of the molecule is Cn1cnc(CCCOCc2ccc(I)cc2)c1. The number of imidazole rings is 1. The zero-order valence-corrected chi connectivity index (χ0v) is 12.6. The van der Waals surface area contributed by atoms with E-state index in [0.29, 0.717) is 6.61 Å². The molecule has 2 rings (SSSR count). The van der Waals surface area contributed by atoms with Gasteiger partial charge in [0.1, 0.15) is 0 Å². The fourth-order valence-corrected chi connectivity index (χ4v) is 2.08. The predicted molar refractivity (Wildman–Crippen MR) is 80.3 cm³/mol. The van der Waals surface area contributed by atoms with Crippen LogP contribution in [0.25, 0.3) is 0 Å². The van der Waals surface area contributed by atoms with Gasteiger partial charge in [0.05, 0.1) is 18.6 Å². The van der Waals surface area contributed by atoms with Crippen molar-refractivity contribution in [2.45, 2.75) is 19.4 Å². The smallest absolute Gasteiger partial charge is 0.0946 e. The Morgan fingerprint density at radius 2 is 2.06 bits per heavy atom. The molecule has 0 bridgehead atoms.